The monoisotopic (exact) mass is 480 g/mol. The van der Waals surface area contributed by atoms with Crippen molar-refractivity contribution in [2.45, 2.75) is 52.4 Å². The van der Waals surface area contributed by atoms with E-state index in [1.54, 1.807) is 18.2 Å². The smallest absolute Gasteiger partial charge is 0.240 e. The Hall–Kier alpha value is -1.94. The zero-order chi connectivity index (χ0) is 24.4. The van der Waals surface area contributed by atoms with Crippen LogP contribution in [-0.2, 0) is 14.8 Å². The van der Waals surface area contributed by atoms with Crippen LogP contribution in [0.1, 0.15) is 53.0 Å². The largest absolute Gasteiger partial charge is 0.493 e. The summed E-state index contributed by atoms with van der Waals surface area (Å²) in [5.74, 6) is 0.963. The molecule has 0 aliphatic carbocycles. The van der Waals surface area contributed by atoms with Crippen molar-refractivity contribution in [3.05, 3.63) is 35.0 Å². The van der Waals surface area contributed by atoms with E-state index in [9.17, 15) is 8.42 Å². The standard InChI is InChI=1S/C24H40N4O4S/c1-6-14-32-22-9-8-20(17-21(22)24(25)27-23(18(2)3)19(4)5)33(29,30)26-10-7-11-28-12-15-31-16-13-28/h8-9,17-18,26H,6-7,10-16H2,1-5H3,(H2,25,27). The number of rotatable bonds is 12. The summed E-state index contributed by atoms with van der Waals surface area (Å²) in [5.41, 5.74) is 8.79. The Morgan fingerprint density at radius 1 is 1.27 bits per heavy atom. The molecule has 1 heterocycles. The van der Waals surface area contributed by atoms with E-state index in [0.29, 0.717) is 24.5 Å². The van der Waals surface area contributed by atoms with Gasteiger partial charge in [0.25, 0.3) is 0 Å². The number of hydrogen-bond acceptors (Lipinski definition) is 6. The molecule has 0 atom stereocenters. The summed E-state index contributed by atoms with van der Waals surface area (Å²) in [7, 11) is -3.69. The highest BCUT2D eigenvalue weighted by molar-refractivity contribution is 7.89. The van der Waals surface area contributed by atoms with E-state index < -0.39 is 10.0 Å². The Morgan fingerprint density at radius 2 is 1.97 bits per heavy atom. The van der Waals surface area contributed by atoms with E-state index in [0.717, 1.165) is 57.0 Å². The molecule has 1 fully saturated rings. The van der Waals surface area contributed by atoms with Gasteiger partial charge in [-0.05, 0) is 57.4 Å². The predicted molar refractivity (Wildman–Crippen MR) is 133 cm³/mol. The molecule has 0 bridgehead atoms. The average Bonchev–Trinajstić information content (AvgIpc) is 2.78. The molecule has 1 saturated heterocycles. The maximum atomic E-state index is 12.9. The number of sulfonamides is 1. The van der Waals surface area contributed by atoms with Crippen LogP contribution in [-0.4, -0.2) is 65.2 Å². The molecule has 3 N–H and O–H groups in total. The van der Waals surface area contributed by atoms with Gasteiger partial charge in [-0.15, -0.1) is 0 Å². The fourth-order valence-electron chi connectivity index (χ4n) is 3.64. The third-order valence-electron chi connectivity index (χ3n) is 5.35. The summed E-state index contributed by atoms with van der Waals surface area (Å²) < 4.78 is 39.8. The molecule has 0 amide bonds. The maximum absolute atomic E-state index is 12.9. The molecular formula is C24H40N4O4S. The molecule has 0 radical (unpaired) electrons. The maximum Gasteiger partial charge on any atom is 0.240 e. The number of ether oxygens (including phenoxy) is 2. The Labute approximate surface area is 199 Å². The van der Waals surface area contributed by atoms with Crippen molar-refractivity contribution in [1.29, 1.82) is 0 Å². The summed E-state index contributed by atoms with van der Waals surface area (Å²) in [6, 6.07) is 4.76. The number of nitrogens with one attached hydrogen (secondary N) is 1. The highest BCUT2D eigenvalue weighted by Crippen LogP contribution is 2.25. The minimum atomic E-state index is -3.69. The fourth-order valence-corrected chi connectivity index (χ4v) is 4.74. The van der Waals surface area contributed by atoms with Crippen molar-refractivity contribution in [2.75, 3.05) is 46.0 Å². The molecule has 1 aliphatic heterocycles. The lowest BCUT2D eigenvalue weighted by Crippen LogP contribution is -2.38. The van der Waals surface area contributed by atoms with Gasteiger partial charge >= 0.3 is 0 Å². The quantitative estimate of drug-likeness (QED) is 0.270. The van der Waals surface area contributed by atoms with E-state index in [2.05, 4.69) is 28.5 Å². The molecule has 0 spiro atoms. The molecule has 0 unspecified atom stereocenters. The highest BCUT2D eigenvalue weighted by atomic mass is 32.2. The predicted octanol–water partition coefficient (Wildman–Crippen LogP) is 3.13. The van der Waals surface area contributed by atoms with E-state index in [4.69, 9.17) is 15.2 Å². The zero-order valence-corrected chi connectivity index (χ0v) is 21.5. The lowest BCUT2D eigenvalue weighted by Gasteiger charge is -2.26. The minimum absolute atomic E-state index is 0.147. The van der Waals surface area contributed by atoms with E-state index in [-0.39, 0.29) is 16.6 Å². The van der Waals surface area contributed by atoms with Crippen LogP contribution in [0.5, 0.6) is 5.75 Å². The lowest BCUT2D eigenvalue weighted by atomic mass is 10.1. The van der Waals surface area contributed by atoms with Crippen molar-refractivity contribution in [3.63, 3.8) is 0 Å². The van der Waals surface area contributed by atoms with Crippen LogP contribution in [0.25, 0.3) is 0 Å². The highest BCUT2D eigenvalue weighted by Gasteiger charge is 2.19. The average molecular weight is 481 g/mol. The van der Waals surface area contributed by atoms with Gasteiger partial charge in [0.05, 0.1) is 30.3 Å². The van der Waals surface area contributed by atoms with Gasteiger partial charge in [-0.1, -0.05) is 26.3 Å². The number of benzene rings is 1. The van der Waals surface area contributed by atoms with E-state index in [1.165, 1.54) is 0 Å². The summed E-state index contributed by atoms with van der Waals surface area (Å²) in [5, 5.41) is 0. The van der Waals surface area contributed by atoms with Gasteiger partial charge in [-0.2, -0.15) is 0 Å². The molecule has 2 rings (SSSR count). The topological polar surface area (TPSA) is 106 Å². The van der Waals surface area contributed by atoms with Gasteiger partial charge in [0.1, 0.15) is 11.6 Å². The molecule has 33 heavy (non-hydrogen) atoms. The van der Waals surface area contributed by atoms with Crippen LogP contribution in [0.15, 0.2) is 39.4 Å². The van der Waals surface area contributed by atoms with Crippen molar-refractivity contribution >= 4 is 15.9 Å². The Kier molecular flexibility index (Phi) is 10.8. The normalized spacial score (nSPS) is 15.6. The number of aliphatic imine (C=N–C) groups is 1. The molecule has 1 aromatic rings. The van der Waals surface area contributed by atoms with E-state index in [1.807, 2.05) is 20.8 Å². The molecule has 8 nitrogen and oxygen atoms in total. The van der Waals surface area contributed by atoms with Crippen molar-refractivity contribution < 1.29 is 17.9 Å². The van der Waals surface area contributed by atoms with Crippen LogP contribution in [0.4, 0.5) is 0 Å². The third kappa shape index (κ3) is 8.41. The Morgan fingerprint density at radius 3 is 2.58 bits per heavy atom. The van der Waals surface area contributed by atoms with Crippen molar-refractivity contribution in [3.8, 4) is 5.75 Å². The molecular weight excluding hydrogens is 440 g/mol. The fraction of sp³-hybridized carbons (Fsp3) is 0.625. The summed E-state index contributed by atoms with van der Waals surface area (Å²) in [6.07, 6.45) is 1.55. The Balaban J connectivity index is 2.22. The minimum Gasteiger partial charge on any atom is -0.493 e. The first-order valence-corrected chi connectivity index (χ1v) is 13.2. The number of amidine groups is 1. The Bertz CT molecular complexity index is 932. The molecule has 9 heteroatoms. The van der Waals surface area contributed by atoms with Gasteiger partial charge in [0.15, 0.2) is 0 Å². The first-order valence-electron chi connectivity index (χ1n) is 11.7. The van der Waals surface area contributed by atoms with Gasteiger partial charge in [-0.3, -0.25) is 4.90 Å². The molecule has 1 aliphatic rings. The number of allylic oxidation sites excluding steroid dienone is 2. The number of nitrogens with zero attached hydrogens (tertiary/aromatic N) is 2. The van der Waals surface area contributed by atoms with Gasteiger partial charge in [-0.25, -0.2) is 18.1 Å². The van der Waals surface area contributed by atoms with Crippen LogP contribution in [0, 0.1) is 5.92 Å². The van der Waals surface area contributed by atoms with Crippen LogP contribution in [0.3, 0.4) is 0 Å². The second-order valence-electron chi connectivity index (χ2n) is 8.75. The van der Waals surface area contributed by atoms with Gasteiger partial charge in [0, 0.05) is 25.3 Å². The molecule has 1 aromatic carbocycles. The summed E-state index contributed by atoms with van der Waals surface area (Å²) in [6.45, 7) is 15.0. The number of hydrogen-bond donors (Lipinski definition) is 2. The first kappa shape index (κ1) is 27.3. The summed E-state index contributed by atoms with van der Waals surface area (Å²) in [4.78, 5) is 7.06. The van der Waals surface area contributed by atoms with Crippen molar-refractivity contribution in [2.24, 2.45) is 16.6 Å². The number of morpholine rings is 1. The third-order valence-corrected chi connectivity index (χ3v) is 6.80. The lowest BCUT2D eigenvalue weighted by molar-refractivity contribution is 0.0376. The van der Waals surface area contributed by atoms with Gasteiger partial charge in [0.2, 0.25) is 10.0 Å². The molecule has 0 aromatic heterocycles. The SMILES string of the molecule is CCCOc1ccc(S(=O)(=O)NCCCN2CCOCC2)cc1C(N)=NC(=C(C)C)C(C)C. The van der Waals surface area contributed by atoms with Crippen LogP contribution >= 0.6 is 0 Å². The van der Waals surface area contributed by atoms with Crippen molar-refractivity contribution in [1.82, 2.24) is 9.62 Å². The first-order chi connectivity index (χ1) is 15.7. The zero-order valence-electron chi connectivity index (χ0n) is 20.7. The van der Waals surface area contributed by atoms with Crippen LogP contribution in [0.2, 0.25) is 0 Å². The summed E-state index contributed by atoms with van der Waals surface area (Å²) >= 11 is 0. The molecule has 186 valence electrons. The van der Waals surface area contributed by atoms with Crippen LogP contribution < -0.4 is 15.2 Å². The molecule has 0 saturated carbocycles. The number of nitrogens with two attached hydrogens (primary N) is 1. The van der Waals surface area contributed by atoms with Gasteiger partial charge < -0.3 is 15.2 Å². The second kappa shape index (κ2) is 13.1. The van der Waals surface area contributed by atoms with E-state index >= 15 is 0 Å². The second-order valence-corrected chi connectivity index (χ2v) is 10.5.